The number of aliphatic hydroxyl groups is 1. The minimum atomic E-state index is -1.76. The van der Waals surface area contributed by atoms with Crippen LogP contribution in [0.4, 0.5) is 0 Å². The Balaban J connectivity index is 2.22. The van der Waals surface area contributed by atoms with Crippen LogP contribution in [-0.2, 0) is 49.6 Å². The predicted molar refractivity (Wildman–Crippen MR) is 238 cm³/mol. The number of carbonyl (C=O) groups is 10. The highest BCUT2D eigenvalue weighted by molar-refractivity contribution is 5.99. The van der Waals surface area contributed by atoms with Crippen molar-refractivity contribution in [1.29, 1.82) is 0 Å². The Kier molecular flexibility index (Phi) is 23.2. The van der Waals surface area contributed by atoms with Crippen LogP contribution in [0.15, 0.2) is 48.5 Å². The molecule has 0 aliphatic heterocycles. The molecule has 0 fully saturated rings. The van der Waals surface area contributed by atoms with Crippen LogP contribution in [0, 0.1) is 11.8 Å². The van der Waals surface area contributed by atoms with Crippen LogP contribution >= 0.6 is 0 Å². The van der Waals surface area contributed by atoms with E-state index in [4.69, 9.17) is 10.5 Å². The van der Waals surface area contributed by atoms with Crippen molar-refractivity contribution < 1.29 is 73.1 Å². The Morgan fingerprint density at radius 1 is 0.627 bits per heavy atom. The lowest BCUT2D eigenvalue weighted by Crippen LogP contribution is -2.60. The number of aryl methyl sites for hydroxylation is 1. The molecule has 1 unspecified atom stereocenters. The third-order valence-corrected chi connectivity index (χ3v) is 10.3. The largest absolute Gasteiger partial charge is 0.508 e. The molecule has 368 valence electrons. The second-order valence-corrected chi connectivity index (χ2v) is 16.2. The second-order valence-electron chi connectivity index (χ2n) is 16.2. The van der Waals surface area contributed by atoms with E-state index >= 15 is 0 Å². The molecule has 0 heterocycles. The fourth-order valence-electron chi connectivity index (χ4n) is 6.19. The van der Waals surface area contributed by atoms with E-state index in [0.29, 0.717) is 17.7 Å². The first-order valence-corrected chi connectivity index (χ1v) is 21.4. The maximum atomic E-state index is 13.9. The highest BCUT2D eigenvalue weighted by Crippen LogP contribution is 2.15. The number of aromatic hydroxyl groups is 1. The van der Waals surface area contributed by atoms with Gasteiger partial charge in [-0.1, -0.05) is 32.9 Å². The van der Waals surface area contributed by atoms with Crippen LogP contribution in [0.5, 0.6) is 11.5 Å². The highest BCUT2D eigenvalue weighted by Gasteiger charge is 2.33. The molecule has 0 saturated carbocycles. The number of carboxylic acid groups (broad SMARTS) is 2. The average Bonchev–Trinajstić information content (AvgIpc) is 3.28. The zero-order chi connectivity index (χ0) is 50.4. The van der Waals surface area contributed by atoms with Crippen LogP contribution in [0.25, 0.3) is 0 Å². The van der Waals surface area contributed by atoms with Gasteiger partial charge in [0.2, 0.25) is 41.4 Å². The number of rotatable bonds is 29. The number of hydrogen-bond acceptors (Lipinski definition) is 13. The Morgan fingerprint density at radius 3 is 1.66 bits per heavy atom. The molecule has 23 nitrogen and oxygen atoms in total. The number of primary amides is 1. The maximum Gasteiger partial charge on any atom is 0.306 e. The molecule has 7 atom stereocenters. The van der Waals surface area contributed by atoms with Crippen molar-refractivity contribution in [3.05, 3.63) is 59.7 Å². The molecule has 0 saturated heterocycles. The van der Waals surface area contributed by atoms with Crippen molar-refractivity contribution in [3.8, 4) is 11.5 Å². The number of phenols is 1. The zero-order valence-electron chi connectivity index (χ0n) is 38.0. The van der Waals surface area contributed by atoms with Gasteiger partial charge < -0.3 is 68.1 Å². The van der Waals surface area contributed by atoms with Gasteiger partial charge in [0.1, 0.15) is 47.8 Å². The van der Waals surface area contributed by atoms with Gasteiger partial charge in [0.15, 0.2) is 0 Å². The van der Waals surface area contributed by atoms with Gasteiger partial charge >= 0.3 is 11.9 Å². The Hall–Kier alpha value is -7.30. The summed E-state index contributed by atoms with van der Waals surface area (Å²) in [5.74, 6) is -10.5. The maximum absolute atomic E-state index is 13.9. The zero-order valence-corrected chi connectivity index (χ0v) is 38.0. The van der Waals surface area contributed by atoms with Crippen molar-refractivity contribution in [3.63, 3.8) is 0 Å². The number of methoxy groups -OCH3 is 1. The number of nitrogens with one attached hydrogen (secondary N) is 7. The van der Waals surface area contributed by atoms with Gasteiger partial charge in [-0.15, -0.1) is 0 Å². The standard InChI is InChI=1S/C44H62N8O15/c1-23(2)6-16-31(41(62)49-32(17-9-26-7-12-28(54)13-8-26)42(63)51-33(37(45)58)20-24(3)44(65)66)50-43(64)34(22-53)52-40(61)30(18-19-36(56)57)48-35(55)21-46-38(59)25(4)47-39(60)27-10-14-29(67-5)15-11-27/h7-8,10-15,23-25,30-34,53-54H,6,9,16-22H2,1-5H3,(H2,45,58)(H,46,59)(H,47,60)(H,48,55)(H,49,62)(H,50,64)(H,51,63)(H,52,61)(H,56,57)(H,65,66)/t24?,25-,30-,31-,32-,33-,34-/m0/s1. The van der Waals surface area contributed by atoms with Gasteiger partial charge in [-0.05, 0) is 93.3 Å². The summed E-state index contributed by atoms with van der Waals surface area (Å²) in [7, 11) is 1.45. The third-order valence-electron chi connectivity index (χ3n) is 10.3. The molecule has 8 amide bonds. The van der Waals surface area contributed by atoms with Crippen molar-refractivity contribution in [1.82, 2.24) is 37.2 Å². The molecule has 0 aliphatic rings. The molecular formula is C44H62N8O15. The summed E-state index contributed by atoms with van der Waals surface area (Å²) in [5.41, 5.74) is 6.34. The minimum Gasteiger partial charge on any atom is -0.508 e. The monoisotopic (exact) mass is 942 g/mol. The first-order chi connectivity index (χ1) is 31.5. The lowest BCUT2D eigenvalue weighted by atomic mass is 9.99. The van der Waals surface area contributed by atoms with E-state index < -0.39 is 127 Å². The van der Waals surface area contributed by atoms with E-state index in [1.54, 1.807) is 24.3 Å². The van der Waals surface area contributed by atoms with Crippen LogP contribution in [0.2, 0.25) is 0 Å². The molecule has 2 aromatic rings. The quantitative estimate of drug-likeness (QED) is 0.0446. The SMILES string of the molecule is COc1ccc(C(=O)N[C@@H](C)C(=O)NCC(=O)N[C@@H](CCC(=O)O)C(=O)N[C@@H](CO)C(=O)N[C@@H](CCC(C)C)C(=O)N[C@@H](CCc2ccc(O)cc2)C(=O)N[C@@H](CC(C)C(=O)O)C(N)=O)cc1. The first-order valence-electron chi connectivity index (χ1n) is 21.4. The lowest BCUT2D eigenvalue weighted by molar-refractivity contribution is -0.142. The van der Waals surface area contributed by atoms with Crippen molar-refractivity contribution in [2.45, 2.75) is 109 Å². The smallest absolute Gasteiger partial charge is 0.306 e. The molecule has 0 bridgehead atoms. The normalized spacial score (nSPS) is 14.0. The van der Waals surface area contributed by atoms with Gasteiger partial charge in [0, 0.05) is 12.0 Å². The van der Waals surface area contributed by atoms with E-state index in [2.05, 4.69) is 37.2 Å². The topological polar surface area (TPSA) is 371 Å². The van der Waals surface area contributed by atoms with Gasteiger partial charge in [0.05, 0.1) is 26.2 Å². The predicted octanol–water partition coefficient (Wildman–Crippen LogP) is -1.42. The number of hydrogen-bond donors (Lipinski definition) is 12. The van der Waals surface area contributed by atoms with Gasteiger partial charge in [0.25, 0.3) is 5.91 Å². The lowest BCUT2D eigenvalue weighted by Gasteiger charge is -2.27. The Labute approximate surface area is 386 Å². The van der Waals surface area contributed by atoms with E-state index in [9.17, 15) is 68.4 Å². The second kappa shape index (κ2) is 27.9. The van der Waals surface area contributed by atoms with E-state index in [1.165, 1.54) is 45.2 Å². The molecule has 0 spiro atoms. The Bertz CT molecular complexity index is 2050. The number of carboxylic acids is 2. The summed E-state index contributed by atoms with van der Waals surface area (Å²) in [6, 6.07) is 3.32. The average molecular weight is 943 g/mol. The number of benzene rings is 2. The first kappa shape index (κ1) is 55.8. The Morgan fingerprint density at radius 2 is 1.15 bits per heavy atom. The van der Waals surface area contributed by atoms with E-state index in [0.717, 1.165) is 0 Å². The van der Waals surface area contributed by atoms with Gasteiger partial charge in [-0.3, -0.25) is 47.9 Å². The van der Waals surface area contributed by atoms with E-state index in [1.807, 2.05) is 13.8 Å². The number of amides is 8. The van der Waals surface area contributed by atoms with Gasteiger partial charge in [-0.2, -0.15) is 0 Å². The van der Waals surface area contributed by atoms with Crippen LogP contribution in [0.1, 0.15) is 82.1 Å². The number of aliphatic hydroxyl groups excluding tert-OH is 1. The molecule has 13 N–H and O–H groups in total. The van der Waals surface area contributed by atoms with Crippen molar-refractivity contribution >= 4 is 59.2 Å². The summed E-state index contributed by atoms with van der Waals surface area (Å²) in [5, 5.41) is 55.3. The summed E-state index contributed by atoms with van der Waals surface area (Å²) in [6.07, 6.45) is -1.08. The fourth-order valence-corrected chi connectivity index (χ4v) is 6.19. The van der Waals surface area contributed by atoms with Crippen molar-refractivity contribution in [2.24, 2.45) is 17.6 Å². The molecule has 0 aromatic heterocycles. The van der Waals surface area contributed by atoms with Crippen LogP contribution in [0.3, 0.4) is 0 Å². The molecule has 2 rings (SSSR count). The molecule has 0 radical (unpaired) electrons. The van der Waals surface area contributed by atoms with Crippen LogP contribution in [-0.4, -0.2) is 136 Å². The molecule has 0 aliphatic carbocycles. The highest BCUT2D eigenvalue weighted by atomic mass is 16.5. The summed E-state index contributed by atoms with van der Waals surface area (Å²) >= 11 is 0. The van der Waals surface area contributed by atoms with Crippen molar-refractivity contribution in [2.75, 3.05) is 20.3 Å². The number of phenolic OH excluding ortho intramolecular Hbond substituents is 1. The number of carbonyl (C=O) groups excluding carboxylic acids is 8. The number of aliphatic carboxylic acids is 2. The van der Waals surface area contributed by atoms with E-state index in [-0.39, 0.29) is 42.9 Å². The summed E-state index contributed by atoms with van der Waals surface area (Å²) in [6.45, 7) is 4.59. The van der Waals surface area contributed by atoms with Gasteiger partial charge in [-0.25, -0.2) is 0 Å². The molecule has 23 heteroatoms. The molecule has 67 heavy (non-hydrogen) atoms. The van der Waals surface area contributed by atoms with Crippen LogP contribution < -0.4 is 47.7 Å². The summed E-state index contributed by atoms with van der Waals surface area (Å²) < 4.78 is 5.06. The summed E-state index contributed by atoms with van der Waals surface area (Å²) in [4.78, 5) is 128. The minimum absolute atomic E-state index is 0.00796. The third kappa shape index (κ3) is 20.2. The molecular weight excluding hydrogens is 881 g/mol. The number of nitrogens with two attached hydrogens (primary N) is 1. The number of ether oxygens (including phenoxy) is 1. The molecule has 2 aromatic carbocycles. The fraction of sp³-hybridized carbons (Fsp3) is 0.500.